The van der Waals surface area contributed by atoms with E-state index in [-0.39, 0.29) is 30.3 Å². The highest BCUT2D eigenvalue weighted by atomic mass is 32.2. The zero-order valence-electron chi connectivity index (χ0n) is 24.7. The van der Waals surface area contributed by atoms with Crippen LogP contribution in [-0.4, -0.2) is 50.0 Å². The van der Waals surface area contributed by atoms with Crippen molar-refractivity contribution in [3.8, 4) is 16.9 Å². The molecule has 43 heavy (non-hydrogen) atoms. The van der Waals surface area contributed by atoms with E-state index in [9.17, 15) is 18.2 Å². The van der Waals surface area contributed by atoms with Crippen molar-refractivity contribution < 1.29 is 32.1 Å². The first kappa shape index (κ1) is 30.1. The molecule has 0 saturated carbocycles. The van der Waals surface area contributed by atoms with Gasteiger partial charge >= 0.3 is 5.97 Å². The second-order valence-corrected chi connectivity index (χ2v) is 13.7. The lowest BCUT2D eigenvalue weighted by atomic mass is 10.1. The SMILES string of the molecule is Cc1nc2cc(F)c(-c3ccc(S(C)(=O)=NCC(=O)OC(C)(C)C)cc3)cn2c1CN1C(=O)[C@H](C)Oc2c(F)cccc21. The first-order chi connectivity index (χ1) is 20.1. The lowest BCUT2D eigenvalue weighted by Gasteiger charge is -2.33. The van der Waals surface area contributed by atoms with E-state index >= 15 is 4.39 Å². The average molecular weight is 611 g/mol. The fourth-order valence-corrected chi connectivity index (χ4v) is 5.99. The van der Waals surface area contributed by atoms with Gasteiger partial charge in [-0.1, -0.05) is 18.2 Å². The lowest BCUT2D eigenvalue weighted by molar-refractivity contribution is -0.152. The quantitative estimate of drug-likeness (QED) is 0.260. The molecule has 2 atom stereocenters. The third kappa shape index (κ3) is 6.10. The number of carbonyl (C=O) groups excluding carboxylic acids is 2. The molecule has 2 aromatic carbocycles. The third-order valence-corrected chi connectivity index (χ3v) is 8.69. The van der Waals surface area contributed by atoms with E-state index in [2.05, 4.69) is 9.35 Å². The van der Waals surface area contributed by atoms with E-state index in [4.69, 9.17) is 9.47 Å². The molecule has 4 aromatic rings. The highest BCUT2D eigenvalue weighted by molar-refractivity contribution is 7.93. The summed E-state index contributed by atoms with van der Waals surface area (Å²) in [5, 5.41) is 0. The van der Waals surface area contributed by atoms with E-state index in [1.807, 2.05) is 0 Å². The number of aryl methyl sites for hydroxylation is 1. The van der Waals surface area contributed by atoms with Gasteiger partial charge in [0.15, 0.2) is 17.7 Å². The van der Waals surface area contributed by atoms with Crippen molar-refractivity contribution in [3.63, 3.8) is 0 Å². The Morgan fingerprint density at radius 3 is 2.51 bits per heavy atom. The van der Waals surface area contributed by atoms with E-state index < -0.39 is 39.0 Å². The van der Waals surface area contributed by atoms with E-state index in [1.54, 1.807) is 75.5 Å². The molecule has 9 nitrogen and oxygen atoms in total. The van der Waals surface area contributed by atoms with E-state index in [0.717, 1.165) is 0 Å². The molecular formula is C31H32F2N4O5S. The molecule has 0 aliphatic carbocycles. The summed E-state index contributed by atoms with van der Waals surface area (Å²) in [6.45, 7) is 8.22. The number of amides is 1. The fraction of sp³-hybridized carbons (Fsp3) is 0.323. The summed E-state index contributed by atoms with van der Waals surface area (Å²) in [5.74, 6) is -2.02. The molecule has 0 spiro atoms. The summed E-state index contributed by atoms with van der Waals surface area (Å²) in [6, 6.07) is 12.1. The lowest BCUT2D eigenvalue weighted by Crippen LogP contribution is -2.44. The number of imidazole rings is 1. The summed E-state index contributed by atoms with van der Waals surface area (Å²) < 4.78 is 59.6. The molecule has 0 radical (unpaired) electrons. The van der Waals surface area contributed by atoms with Crippen LogP contribution in [0.4, 0.5) is 14.5 Å². The van der Waals surface area contributed by atoms with Crippen LogP contribution >= 0.6 is 0 Å². The monoisotopic (exact) mass is 610 g/mol. The fourth-order valence-electron chi connectivity index (χ4n) is 4.85. The van der Waals surface area contributed by atoms with Crippen LogP contribution in [0, 0.1) is 18.6 Å². The normalized spacial score (nSPS) is 16.4. The number of hydrogen-bond donors (Lipinski definition) is 0. The number of esters is 1. The topological polar surface area (TPSA) is 103 Å². The summed E-state index contributed by atoms with van der Waals surface area (Å²) >= 11 is 0. The highest BCUT2D eigenvalue weighted by Crippen LogP contribution is 2.37. The number of ether oxygens (including phenoxy) is 2. The summed E-state index contributed by atoms with van der Waals surface area (Å²) in [6.07, 6.45) is 2.13. The van der Waals surface area contributed by atoms with Crippen LogP contribution in [0.3, 0.4) is 0 Å². The number of carbonyl (C=O) groups is 2. The zero-order valence-corrected chi connectivity index (χ0v) is 25.5. The van der Waals surface area contributed by atoms with Crippen molar-refractivity contribution in [1.29, 1.82) is 0 Å². The Bertz CT molecular complexity index is 1870. The number of aromatic nitrogens is 2. The number of hydrogen-bond acceptors (Lipinski definition) is 7. The van der Waals surface area contributed by atoms with Gasteiger partial charge in [-0.3, -0.25) is 14.5 Å². The van der Waals surface area contributed by atoms with Gasteiger partial charge in [-0.15, -0.1) is 0 Å². The van der Waals surface area contributed by atoms with Gasteiger partial charge in [0.25, 0.3) is 5.91 Å². The molecule has 12 heteroatoms. The Hall–Kier alpha value is -4.32. The summed E-state index contributed by atoms with van der Waals surface area (Å²) in [4.78, 5) is 31.5. The number of nitrogens with zero attached hydrogens (tertiary/aromatic N) is 4. The maximum atomic E-state index is 15.3. The van der Waals surface area contributed by atoms with E-state index in [1.165, 1.54) is 29.4 Å². The third-order valence-electron chi connectivity index (χ3n) is 6.92. The minimum atomic E-state index is -2.92. The summed E-state index contributed by atoms with van der Waals surface area (Å²) in [7, 11) is -2.92. The minimum Gasteiger partial charge on any atom is -0.476 e. The molecule has 1 aliphatic heterocycles. The van der Waals surface area contributed by atoms with Gasteiger partial charge in [0.1, 0.15) is 23.6 Å². The smallest absolute Gasteiger partial charge is 0.328 e. The maximum absolute atomic E-state index is 15.3. The van der Waals surface area contributed by atoms with Crippen molar-refractivity contribution in [2.45, 2.75) is 57.8 Å². The van der Waals surface area contributed by atoms with Gasteiger partial charge < -0.3 is 13.9 Å². The van der Waals surface area contributed by atoms with Gasteiger partial charge in [-0.05, 0) is 64.4 Å². The molecule has 0 fully saturated rings. The van der Waals surface area contributed by atoms with Crippen molar-refractivity contribution in [2.24, 2.45) is 4.36 Å². The molecule has 0 bridgehead atoms. The van der Waals surface area contributed by atoms with Crippen molar-refractivity contribution in [1.82, 2.24) is 9.38 Å². The Kier molecular flexibility index (Phi) is 7.76. The molecule has 1 unspecified atom stereocenters. The number of halogens is 2. The first-order valence-corrected chi connectivity index (χ1v) is 15.5. The molecule has 0 N–H and O–H groups in total. The van der Waals surface area contributed by atoms with Gasteiger partial charge in [-0.2, -0.15) is 0 Å². The minimum absolute atomic E-state index is 0.00164. The van der Waals surface area contributed by atoms with Crippen molar-refractivity contribution >= 4 is 32.9 Å². The van der Waals surface area contributed by atoms with Crippen LogP contribution in [0.5, 0.6) is 5.75 Å². The second-order valence-electron chi connectivity index (χ2n) is 11.4. The first-order valence-electron chi connectivity index (χ1n) is 13.6. The predicted octanol–water partition coefficient (Wildman–Crippen LogP) is 5.70. The zero-order chi connectivity index (χ0) is 31.3. The van der Waals surface area contributed by atoms with E-state index in [0.29, 0.717) is 33.2 Å². The Labute approximate surface area is 248 Å². The standard InChI is InChI=1S/C31H32F2N4O5S/c1-18-26(17-37-25-9-7-8-23(32)29(25)41-19(2)30(37)39)36-16-22(24(33)14-27(36)35-18)20-10-12-21(13-11-20)43(6,40)34-15-28(38)42-31(3,4)5/h7-14,16,19H,15,17H2,1-6H3/t19-,43?/m0/s1. The molecule has 5 rings (SSSR count). The van der Waals surface area contributed by atoms with Crippen LogP contribution in [0.1, 0.15) is 39.1 Å². The van der Waals surface area contributed by atoms with Gasteiger partial charge in [0, 0.05) is 29.0 Å². The molecule has 226 valence electrons. The van der Waals surface area contributed by atoms with Crippen LogP contribution in [0.2, 0.25) is 0 Å². The molecule has 1 amide bonds. The van der Waals surface area contributed by atoms with Crippen LogP contribution in [0.25, 0.3) is 16.8 Å². The second kappa shape index (κ2) is 11.1. The van der Waals surface area contributed by atoms with Gasteiger partial charge in [-0.25, -0.2) is 22.3 Å². The van der Waals surface area contributed by atoms with Crippen LogP contribution < -0.4 is 9.64 Å². The Morgan fingerprint density at radius 2 is 1.84 bits per heavy atom. The molecule has 0 saturated heterocycles. The number of fused-ring (bicyclic) bond motifs is 2. The van der Waals surface area contributed by atoms with Crippen LogP contribution in [0.15, 0.2) is 64.0 Å². The number of para-hydroxylation sites is 1. The van der Waals surface area contributed by atoms with Gasteiger partial charge in [0.05, 0.1) is 33.3 Å². The number of pyridine rings is 1. The van der Waals surface area contributed by atoms with Gasteiger partial charge in [0.2, 0.25) is 0 Å². The Morgan fingerprint density at radius 1 is 1.14 bits per heavy atom. The number of benzene rings is 2. The van der Waals surface area contributed by atoms with Crippen LogP contribution in [-0.2, 0) is 30.6 Å². The van der Waals surface area contributed by atoms with Crippen molar-refractivity contribution in [3.05, 3.63) is 77.8 Å². The highest BCUT2D eigenvalue weighted by Gasteiger charge is 2.34. The largest absolute Gasteiger partial charge is 0.476 e. The molecule has 1 aliphatic rings. The molecular weight excluding hydrogens is 578 g/mol. The molecule has 3 heterocycles. The average Bonchev–Trinajstić information content (AvgIpc) is 3.22. The maximum Gasteiger partial charge on any atom is 0.328 e. The number of anilines is 1. The summed E-state index contributed by atoms with van der Waals surface area (Å²) in [5.41, 5.74) is 1.91. The molecule has 2 aromatic heterocycles. The Balaban J connectivity index is 1.47. The van der Waals surface area contributed by atoms with Crippen molar-refractivity contribution in [2.75, 3.05) is 17.7 Å². The number of rotatable bonds is 6. The predicted molar refractivity (Wildman–Crippen MR) is 158 cm³/mol.